The van der Waals surface area contributed by atoms with E-state index < -0.39 is 0 Å². The molecule has 1 unspecified atom stereocenters. The number of hydrogen-bond acceptors (Lipinski definition) is 0. The molecule has 0 saturated carbocycles. The van der Waals surface area contributed by atoms with E-state index in [2.05, 4.69) is 6.92 Å². The molecule has 0 spiro atoms. The van der Waals surface area contributed by atoms with Crippen LogP contribution >= 0.6 is 11.6 Å². The maximum absolute atomic E-state index is 13.5. The maximum atomic E-state index is 13.5. The summed E-state index contributed by atoms with van der Waals surface area (Å²) in [7, 11) is 0. The van der Waals surface area contributed by atoms with Crippen LogP contribution in [-0.4, -0.2) is 5.38 Å². The van der Waals surface area contributed by atoms with Gasteiger partial charge in [-0.3, -0.25) is 0 Å². The zero-order valence-electron chi connectivity index (χ0n) is 12.0. The van der Waals surface area contributed by atoms with Gasteiger partial charge in [0.25, 0.3) is 0 Å². The molecule has 0 saturated heterocycles. The standard InChI is InChI=1S/C17H26ClF/c1-2-3-4-5-6-7-8-12-16(18)14-15-11-9-10-13-17(15)19/h9-11,13,16H,2-8,12,14H2,1H3. The number of rotatable bonds is 10. The highest BCUT2D eigenvalue weighted by Crippen LogP contribution is 2.18. The van der Waals surface area contributed by atoms with Crippen molar-refractivity contribution in [3.63, 3.8) is 0 Å². The van der Waals surface area contributed by atoms with Crippen molar-refractivity contribution in [2.24, 2.45) is 0 Å². The molecule has 0 nitrogen and oxygen atoms in total. The highest BCUT2D eigenvalue weighted by molar-refractivity contribution is 6.20. The molecular weight excluding hydrogens is 259 g/mol. The van der Waals surface area contributed by atoms with Crippen LogP contribution in [-0.2, 0) is 6.42 Å². The first kappa shape index (κ1) is 16.5. The van der Waals surface area contributed by atoms with Crippen molar-refractivity contribution in [2.45, 2.75) is 70.1 Å². The predicted octanol–water partition coefficient (Wildman–Crippen LogP) is 6.12. The zero-order valence-corrected chi connectivity index (χ0v) is 12.8. The van der Waals surface area contributed by atoms with Gasteiger partial charge in [-0.2, -0.15) is 0 Å². The Morgan fingerprint density at radius 2 is 1.63 bits per heavy atom. The third-order valence-corrected chi connectivity index (χ3v) is 3.89. The van der Waals surface area contributed by atoms with Gasteiger partial charge in [0.2, 0.25) is 0 Å². The summed E-state index contributed by atoms with van der Waals surface area (Å²) in [6.07, 6.45) is 10.7. The highest BCUT2D eigenvalue weighted by Gasteiger charge is 2.08. The first-order valence-corrected chi connectivity index (χ1v) is 8.05. The van der Waals surface area contributed by atoms with Crippen LogP contribution in [0.5, 0.6) is 0 Å². The molecule has 0 heterocycles. The molecule has 1 rings (SSSR count). The molecule has 0 amide bonds. The lowest BCUT2D eigenvalue weighted by molar-refractivity contribution is 0.560. The van der Waals surface area contributed by atoms with Crippen LogP contribution in [0.25, 0.3) is 0 Å². The molecule has 0 aliphatic carbocycles. The first-order chi connectivity index (χ1) is 9.24. The van der Waals surface area contributed by atoms with Crippen molar-refractivity contribution >= 4 is 11.6 Å². The fraction of sp³-hybridized carbons (Fsp3) is 0.647. The highest BCUT2D eigenvalue weighted by atomic mass is 35.5. The van der Waals surface area contributed by atoms with Gasteiger partial charge in [-0.05, 0) is 24.5 Å². The lowest BCUT2D eigenvalue weighted by Gasteiger charge is -2.10. The van der Waals surface area contributed by atoms with Crippen LogP contribution in [0.15, 0.2) is 24.3 Å². The predicted molar refractivity (Wildman–Crippen MR) is 82.4 cm³/mol. The van der Waals surface area contributed by atoms with Gasteiger partial charge in [0.15, 0.2) is 0 Å². The third-order valence-electron chi connectivity index (χ3n) is 3.52. The van der Waals surface area contributed by atoms with E-state index in [9.17, 15) is 4.39 Å². The number of benzene rings is 1. The van der Waals surface area contributed by atoms with Crippen molar-refractivity contribution in [1.29, 1.82) is 0 Å². The molecule has 19 heavy (non-hydrogen) atoms. The Kier molecular flexibility index (Phi) is 8.90. The molecule has 0 aliphatic rings. The van der Waals surface area contributed by atoms with Crippen molar-refractivity contribution in [3.05, 3.63) is 35.6 Å². The molecular formula is C17H26ClF. The van der Waals surface area contributed by atoms with E-state index in [1.807, 2.05) is 12.1 Å². The molecule has 1 aromatic carbocycles. The second kappa shape index (κ2) is 10.3. The summed E-state index contributed by atoms with van der Waals surface area (Å²) in [5, 5.41) is 0.0625. The molecule has 0 radical (unpaired) electrons. The summed E-state index contributed by atoms with van der Waals surface area (Å²) in [5.41, 5.74) is 0.741. The molecule has 0 fully saturated rings. The van der Waals surface area contributed by atoms with E-state index in [4.69, 9.17) is 11.6 Å². The molecule has 1 atom stereocenters. The number of alkyl halides is 1. The minimum atomic E-state index is -0.132. The summed E-state index contributed by atoms with van der Waals surface area (Å²) in [6, 6.07) is 6.93. The summed E-state index contributed by atoms with van der Waals surface area (Å²) < 4.78 is 13.5. The second-order valence-corrected chi connectivity index (χ2v) is 5.92. The van der Waals surface area contributed by atoms with Crippen molar-refractivity contribution < 1.29 is 4.39 Å². The van der Waals surface area contributed by atoms with Crippen LogP contribution in [0.4, 0.5) is 4.39 Å². The molecule has 2 heteroatoms. The zero-order chi connectivity index (χ0) is 13.9. The largest absolute Gasteiger partial charge is 0.207 e. The Morgan fingerprint density at radius 3 is 2.32 bits per heavy atom. The minimum Gasteiger partial charge on any atom is -0.207 e. The third kappa shape index (κ3) is 7.57. The van der Waals surface area contributed by atoms with Gasteiger partial charge in [-0.1, -0.05) is 70.1 Å². The topological polar surface area (TPSA) is 0 Å². The Hall–Kier alpha value is -0.560. The van der Waals surface area contributed by atoms with Gasteiger partial charge in [0.05, 0.1) is 0 Å². The van der Waals surface area contributed by atoms with Crippen molar-refractivity contribution in [2.75, 3.05) is 0 Å². The lowest BCUT2D eigenvalue weighted by atomic mass is 10.0. The first-order valence-electron chi connectivity index (χ1n) is 7.61. The number of halogens is 2. The van der Waals surface area contributed by atoms with Crippen molar-refractivity contribution in [1.82, 2.24) is 0 Å². The molecule has 0 aliphatic heterocycles. The van der Waals surface area contributed by atoms with Crippen LogP contribution in [0.1, 0.15) is 63.9 Å². The smallest absolute Gasteiger partial charge is 0.126 e. The van der Waals surface area contributed by atoms with Gasteiger partial charge in [-0.15, -0.1) is 11.6 Å². The Bertz CT molecular complexity index is 338. The average molecular weight is 285 g/mol. The summed E-state index contributed by atoms with van der Waals surface area (Å²) >= 11 is 6.28. The quantitative estimate of drug-likeness (QED) is 0.359. The fourth-order valence-electron chi connectivity index (χ4n) is 2.33. The second-order valence-electron chi connectivity index (χ2n) is 5.30. The van der Waals surface area contributed by atoms with Gasteiger partial charge in [0.1, 0.15) is 5.82 Å². The van der Waals surface area contributed by atoms with E-state index in [-0.39, 0.29) is 11.2 Å². The Morgan fingerprint density at radius 1 is 1.00 bits per heavy atom. The monoisotopic (exact) mass is 284 g/mol. The maximum Gasteiger partial charge on any atom is 0.126 e. The van der Waals surface area contributed by atoms with Crippen LogP contribution in [0, 0.1) is 5.82 Å². The SMILES string of the molecule is CCCCCCCCCC(Cl)Cc1ccccc1F. The Balaban J connectivity index is 2.08. The normalized spacial score (nSPS) is 12.6. The summed E-state index contributed by atoms with van der Waals surface area (Å²) in [6.45, 7) is 2.24. The lowest BCUT2D eigenvalue weighted by Crippen LogP contribution is -2.05. The van der Waals surface area contributed by atoms with Gasteiger partial charge in [-0.25, -0.2) is 4.39 Å². The van der Waals surface area contributed by atoms with E-state index in [1.165, 1.54) is 44.6 Å². The molecule has 0 aromatic heterocycles. The Labute approximate surface area is 122 Å². The van der Waals surface area contributed by atoms with E-state index >= 15 is 0 Å². The number of unbranched alkanes of at least 4 members (excludes halogenated alkanes) is 6. The van der Waals surface area contributed by atoms with E-state index in [0.717, 1.165) is 18.4 Å². The van der Waals surface area contributed by atoms with Crippen molar-refractivity contribution in [3.8, 4) is 0 Å². The van der Waals surface area contributed by atoms with Gasteiger partial charge >= 0.3 is 0 Å². The van der Waals surface area contributed by atoms with E-state index in [0.29, 0.717) is 6.42 Å². The van der Waals surface area contributed by atoms with Crippen LogP contribution in [0.2, 0.25) is 0 Å². The summed E-state index contributed by atoms with van der Waals surface area (Å²) in [5.74, 6) is -0.132. The van der Waals surface area contributed by atoms with Gasteiger partial charge in [0, 0.05) is 5.38 Å². The minimum absolute atomic E-state index is 0.0625. The fourth-order valence-corrected chi connectivity index (χ4v) is 2.65. The molecule has 0 bridgehead atoms. The molecule has 0 N–H and O–H groups in total. The average Bonchev–Trinajstić information content (AvgIpc) is 2.40. The van der Waals surface area contributed by atoms with E-state index in [1.54, 1.807) is 6.07 Å². The van der Waals surface area contributed by atoms with Crippen LogP contribution in [0.3, 0.4) is 0 Å². The van der Waals surface area contributed by atoms with Crippen LogP contribution < -0.4 is 0 Å². The number of hydrogen-bond donors (Lipinski definition) is 0. The van der Waals surface area contributed by atoms with Gasteiger partial charge < -0.3 is 0 Å². The molecule has 1 aromatic rings. The summed E-state index contributed by atoms with van der Waals surface area (Å²) in [4.78, 5) is 0. The molecule has 108 valence electrons.